The second-order valence-corrected chi connectivity index (χ2v) is 5.18. The number of oxazole rings is 2. The second-order valence-electron chi connectivity index (χ2n) is 4.31. The van der Waals surface area contributed by atoms with Gasteiger partial charge in [-0.05, 0) is 36.4 Å². The molecule has 2 aromatic carbocycles. The van der Waals surface area contributed by atoms with Crippen LogP contribution in [0.5, 0.6) is 0 Å². The number of aromatic nitrogens is 2. The smallest absolute Gasteiger partial charge is 0.408 e. The van der Waals surface area contributed by atoms with E-state index >= 15 is 0 Å². The summed E-state index contributed by atoms with van der Waals surface area (Å²) in [5, 5.41) is 1.16. The van der Waals surface area contributed by atoms with Crippen molar-refractivity contribution >= 4 is 45.4 Å². The van der Waals surface area contributed by atoms with Crippen LogP contribution in [-0.2, 0) is 0 Å². The van der Waals surface area contributed by atoms with Crippen molar-refractivity contribution in [3.63, 3.8) is 0 Å². The van der Waals surface area contributed by atoms with Crippen molar-refractivity contribution in [1.29, 1.82) is 0 Å². The molecule has 0 aliphatic heterocycles. The van der Waals surface area contributed by atoms with Crippen LogP contribution in [0.3, 0.4) is 0 Å². The monoisotopic (exact) mass is 338 g/mol. The van der Waals surface area contributed by atoms with E-state index in [1.165, 1.54) is 0 Å². The average Bonchev–Trinajstić information content (AvgIpc) is 2.99. The number of H-pyrrole nitrogens is 2. The molecule has 4 aromatic rings. The molecule has 0 bridgehead atoms. The first-order chi connectivity index (χ1) is 10.5. The van der Waals surface area contributed by atoms with E-state index in [2.05, 4.69) is 9.97 Å². The number of halogens is 2. The molecular formula is C14H8Cl2N2O4. The molecule has 112 valence electrons. The van der Waals surface area contributed by atoms with Crippen molar-refractivity contribution in [3.05, 3.63) is 67.5 Å². The van der Waals surface area contributed by atoms with Crippen molar-refractivity contribution in [2.45, 2.75) is 0 Å². The van der Waals surface area contributed by atoms with Gasteiger partial charge in [0.25, 0.3) is 0 Å². The van der Waals surface area contributed by atoms with Gasteiger partial charge < -0.3 is 8.83 Å². The van der Waals surface area contributed by atoms with Gasteiger partial charge in [0.1, 0.15) is 0 Å². The first kappa shape index (κ1) is 14.5. The Kier molecular flexibility index (Phi) is 3.79. The third-order valence-corrected chi connectivity index (χ3v) is 3.23. The van der Waals surface area contributed by atoms with Gasteiger partial charge in [-0.1, -0.05) is 23.2 Å². The van der Waals surface area contributed by atoms with Crippen LogP contribution in [0, 0.1) is 0 Å². The summed E-state index contributed by atoms with van der Waals surface area (Å²) in [5.41, 5.74) is 2.31. The molecule has 2 heterocycles. The molecular weight excluding hydrogens is 331 g/mol. The van der Waals surface area contributed by atoms with E-state index in [0.717, 1.165) is 0 Å². The van der Waals surface area contributed by atoms with Crippen LogP contribution < -0.4 is 11.5 Å². The average molecular weight is 339 g/mol. The largest absolute Gasteiger partial charge is 0.417 e. The fourth-order valence-electron chi connectivity index (χ4n) is 1.85. The third-order valence-electron chi connectivity index (χ3n) is 2.76. The minimum absolute atomic E-state index is 0.456. The highest BCUT2D eigenvalue weighted by Crippen LogP contribution is 2.16. The highest BCUT2D eigenvalue weighted by molar-refractivity contribution is 6.31. The van der Waals surface area contributed by atoms with Gasteiger partial charge in [0.05, 0.1) is 11.0 Å². The van der Waals surface area contributed by atoms with Gasteiger partial charge in [0.2, 0.25) is 0 Å². The van der Waals surface area contributed by atoms with Crippen molar-refractivity contribution < 1.29 is 8.83 Å². The molecule has 8 heteroatoms. The fraction of sp³-hybridized carbons (Fsp3) is 0. The predicted octanol–water partition coefficient (Wildman–Crippen LogP) is 3.55. The van der Waals surface area contributed by atoms with Gasteiger partial charge in [0, 0.05) is 10.0 Å². The zero-order valence-electron chi connectivity index (χ0n) is 10.9. The lowest BCUT2D eigenvalue weighted by atomic mass is 10.3. The predicted molar refractivity (Wildman–Crippen MR) is 83.7 cm³/mol. The number of nitrogens with one attached hydrogen (secondary N) is 2. The van der Waals surface area contributed by atoms with Crippen molar-refractivity contribution in [1.82, 2.24) is 9.97 Å². The number of fused-ring (bicyclic) bond motifs is 2. The van der Waals surface area contributed by atoms with Gasteiger partial charge in [-0.25, -0.2) is 9.59 Å². The van der Waals surface area contributed by atoms with Crippen LogP contribution in [0.1, 0.15) is 0 Å². The van der Waals surface area contributed by atoms with Crippen LogP contribution in [0.25, 0.3) is 22.2 Å². The summed E-state index contributed by atoms with van der Waals surface area (Å²) in [6.07, 6.45) is 0. The van der Waals surface area contributed by atoms with Crippen molar-refractivity contribution in [2.75, 3.05) is 0 Å². The molecule has 2 aromatic heterocycles. The van der Waals surface area contributed by atoms with Crippen molar-refractivity contribution in [2.24, 2.45) is 0 Å². The molecule has 4 rings (SSSR count). The number of rotatable bonds is 0. The number of hydrogen-bond acceptors (Lipinski definition) is 4. The van der Waals surface area contributed by atoms with Gasteiger partial charge >= 0.3 is 11.5 Å². The Morgan fingerprint density at radius 2 is 1.14 bits per heavy atom. The zero-order chi connectivity index (χ0) is 15.7. The van der Waals surface area contributed by atoms with Gasteiger partial charge in [0.15, 0.2) is 11.2 Å². The summed E-state index contributed by atoms with van der Waals surface area (Å²) in [6.45, 7) is 0. The minimum Gasteiger partial charge on any atom is -0.408 e. The summed E-state index contributed by atoms with van der Waals surface area (Å²) in [4.78, 5) is 26.3. The van der Waals surface area contributed by atoms with Crippen LogP contribution in [0.4, 0.5) is 0 Å². The molecule has 0 radical (unpaired) electrons. The summed E-state index contributed by atoms with van der Waals surface area (Å²) in [7, 11) is 0. The molecule has 0 aliphatic rings. The van der Waals surface area contributed by atoms with Gasteiger partial charge in [-0.3, -0.25) is 9.97 Å². The Hall–Kier alpha value is -2.44. The number of aromatic amines is 2. The van der Waals surface area contributed by atoms with Crippen LogP contribution >= 0.6 is 23.2 Å². The molecule has 0 atom stereocenters. The Bertz CT molecular complexity index is 972. The first-order valence-electron chi connectivity index (χ1n) is 6.08. The molecule has 0 spiro atoms. The minimum atomic E-state index is -0.456. The lowest BCUT2D eigenvalue weighted by Crippen LogP contribution is -1.92. The maximum absolute atomic E-state index is 10.6. The second kappa shape index (κ2) is 5.75. The third kappa shape index (κ3) is 3.08. The standard InChI is InChI=1S/2C7H4ClNO2/c2*8-4-1-2-6-5(3-4)9-7(10)11-6/h2*1-3H,(H,9,10). The fourth-order valence-corrected chi connectivity index (χ4v) is 2.19. The zero-order valence-corrected chi connectivity index (χ0v) is 12.4. The van der Waals surface area contributed by atoms with E-state index in [4.69, 9.17) is 32.0 Å². The Morgan fingerprint density at radius 3 is 1.55 bits per heavy atom. The number of hydrogen-bond donors (Lipinski definition) is 2. The molecule has 0 saturated heterocycles. The molecule has 2 N–H and O–H groups in total. The lowest BCUT2D eigenvalue weighted by molar-refractivity contribution is 0.555. The van der Waals surface area contributed by atoms with E-state index in [-0.39, 0.29) is 0 Å². The summed E-state index contributed by atoms with van der Waals surface area (Å²) in [6, 6.07) is 9.91. The summed E-state index contributed by atoms with van der Waals surface area (Å²) < 4.78 is 9.51. The van der Waals surface area contributed by atoms with E-state index < -0.39 is 11.5 Å². The van der Waals surface area contributed by atoms with E-state index in [0.29, 0.717) is 32.2 Å². The highest BCUT2D eigenvalue weighted by Gasteiger charge is 2.00. The van der Waals surface area contributed by atoms with Crippen LogP contribution in [0.15, 0.2) is 54.8 Å². The lowest BCUT2D eigenvalue weighted by Gasteiger charge is -1.86. The van der Waals surface area contributed by atoms with E-state index in [1.807, 2.05) is 0 Å². The maximum Gasteiger partial charge on any atom is 0.417 e. The first-order valence-corrected chi connectivity index (χ1v) is 6.83. The Morgan fingerprint density at radius 1 is 0.727 bits per heavy atom. The highest BCUT2D eigenvalue weighted by atomic mass is 35.5. The van der Waals surface area contributed by atoms with Gasteiger partial charge in [-0.2, -0.15) is 0 Å². The molecule has 22 heavy (non-hydrogen) atoms. The summed E-state index contributed by atoms with van der Waals surface area (Å²) >= 11 is 11.3. The molecule has 0 amide bonds. The topological polar surface area (TPSA) is 92.0 Å². The SMILES string of the molecule is O=c1[nH]c2cc(Cl)ccc2o1.O=c1[nH]c2cc(Cl)ccc2o1. The molecule has 0 fully saturated rings. The van der Waals surface area contributed by atoms with Crippen molar-refractivity contribution in [3.8, 4) is 0 Å². The Balaban J connectivity index is 0.000000131. The molecule has 0 saturated carbocycles. The van der Waals surface area contributed by atoms with E-state index in [1.54, 1.807) is 36.4 Å². The number of benzene rings is 2. The molecule has 6 nitrogen and oxygen atoms in total. The maximum atomic E-state index is 10.6. The molecule has 0 unspecified atom stereocenters. The van der Waals surface area contributed by atoms with Gasteiger partial charge in [-0.15, -0.1) is 0 Å². The quantitative estimate of drug-likeness (QED) is 0.512. The Labute approximate surface area is 132 Å². The van der Waals surface area contributed by atoms with E-state index in [9.17, 15) is 9.59 Å². The molecule has 0 aliphatic carbocycles. The summed E-state index contributed by atoms with van der Waals surface area (Å²) in [5.74, 6) is -0.912. The van der Waals surface area contributed by atoms with Crippen LogP contribution in [0.2, 0.25) is 10.0 Å². The van der Waals surface area contributed by atoms with Crippen LogP contribution in [-0.4, -0.2) is 9.97 Å². The normalized spacial score (nSPS) is 10.6.